The molecule has 1 nitrogen and oxygen atoms in total. The Kier molecular flexibility index (Phi) is 7.84. The van der Waals surface area contributed by atoms with Crippen LogP contribution in [0.25, 0.3) is 10.8 Å². The molecule has 0 atom stereocenters. The average molecular weight is 477 g/mol. The van der Waals surface area contributed by atoms with Gasteiger partial charge in [0.15, 0.2) is 17.5 Å². The minimum atomic E-state index is -1.48. The number of hydrogen-bond acceptors (Lipinski definition) is 1. The lowest BCUT2D eigenvalue weighted by atomic mass is 10.0. The van der Waals surface area contributed by atoms with Crippen molar-refractivity contribution in [3.8, 4) is 11.8 Å². The topological polar surface area (TPSA) is 9.23 Å². The molecule has 0 heterocycles. The lowest BCUT2D eigenvalue weighted by molar-refractivity contribution is 0.195. The van der Waals surface area contributed by atoms with Gasteiger partial charge in [-0.1, -0.05) is 42.2 Å². The summed E-state index contributed by atoms with van der Waals surface area (Å²) in [5.41, 5.74) is 4.07. The third-order valence-electron chi connectivity index (χ3n) is 5.89. The van der Waals surface area contributed by atoms with E-state index in [-0.39, 0.29) is 16.6 Å². The molecule has 0 unspecified atom stereocenters. The zero-order valence-corrected chi connectivity index (χ0v) is 19.3. The van der Waals surface area contributed by atoms with Crippen LogP contribution in [0.3, 0.4) is 0 Å². The molecule has 0 aliphatic rings. The predicted octanol–water partition coefficient (Wildman–Crippen LogP) is 7.16. The Hall–Kier alpha value is -3.62. The molecule has 4 rings (SSSR count). The highest BCUT2D eigenvalue weighted by molar-refractivity contribution is 5.84. The van der Waals surface area contributed by atoms with Gasteiger partial charge in [0.05, 0.1) is 0 Å². The highest BCUT2D eigenvalue weighted by Gasteiger charge is 2.13. The Bertz CT molecular complexity index is 1400. The summed E-state index contributed by atoms with van der Waals surface area (Å²) in [7, 11) is 1.66. The van der Waals surface area contributed by atoms with Crippen molar-refractivity contribution in [3.05, 3.63) is 118 Å². The van der Waals surface area contributed by atoms with Gasteiger partial charge in [-0.25, -0.2) is 17.6 Å². The number of benzene rings is 4. The molecule has 35 heavy (non-hydrogen) atoms. The van der Waals surface area contributed by atoms with E-state index in [2.05, 4.69) is 11.8 Å². The van der Waals surface area contributed by atoms with Crippen molar-refractivity contribution in [2.45, 2.75) is 25.7 Å². The van der Waals surface area contributed by atoms with Crippen LogP contribution in [0, 0.1) is 35.1 Å². The molecule has 0 aliphatic heterocycles. The van der Waals surface area contributed by atoms with E-state index in [4.69, 9.17) is 4.74 Å². The van der Waals surface area contributed by atoms with Gasteiger partial charge in [0.1, 0.15) is 5.82 Å². The number of aryl methyl sites for hydroxylation is 3. The fourth-order valence-corrected chi connectivity index (χ4v) is 3.93. The first kappa shape index (κ1) is 24.5. The maximum atomic E-state index is 14.4. The van der Waals surface area contributed by atoms with Crippen LogP contribution in [-0.4, -0.2) is 13.7 Å². The first-order chi connectivity index (χ1) is 16.9. The van der Waals surface area contributed by atoms with E-state index in [1.165, 1.54) is 12.1 Å². The molecule has 0 saturated heterocycles. The van der Waals surface area contributed by atoms with Gasteiger partial charge < -0.3 is 4.74 Å². The molecule has 5 heteroatoms. The molecule has 0 N–H and O–H groups in total. The van der Waals surface area contributed by atoms with Gasteiger partial charge in [-0.15, -0.1) is 0 Å². The summed E-state index contributed by atoms with van der Waals surface area (Å²) in [6, 6.07) is 18.6. The highest BCUT2D eigenvalue weighted by atomic mass is 19.2. The van der Waals surface area contributed by atoms with E-state index >= 15 is 0 Å². The molecular formula is C30H24F4O. The van der Waals surface area contributed by atoms with Crippen LogP contribution in [0.5, 0.6) is 0 Å². The molecule has 0 aromatic heterocycles. The summed E-state index contributed by atoms with van der Waals surface area (Å²) in [6.07, 6.45) is 2.95. The smallest absolute Gasteiger partial charge is 0.195 e. The molecule has 0 saturated carbocycles. The van der Waals surface area contributed by atoms with Crippen LogP contribution < -0.4 is 0 Å². The first-order valence-electron chi connectivity index (χ1n) is 11.4. The van der Waals surface area contributed by atoms with Crippen molar-refractivity contribution in [2.24, 2.45) is 0 Å². The Balaban J connectivity index is 1.39. The van der Waals surface area contributed by atoms with E-state index in [0.717, 1.165) is 35.6 Å². The molecule has 0 spiro atoms. The van der Waals surface area contributed by atoms with Gasteiger partial charge in [0.25, 0.3) is 0 Å². The van der Waals surface area contributed by atoms with Crippen LogP contribution >= 0.6 is 0 Å². The number of fused-ring (bicyclic) bond motifs is 1. The first-order valence-corrected chi connectivity index (χ1v) is 11.4. The second kappa shape index (κ2) is 11.2. The summed E-state index contributed by atoms with van der Waals surface area (Å²) in [6.45, 7) is 0.660. The number of hydrogen-bond donors (Lipinski definition) is 0. The third-order valence-corrected chi connectivity index (χ3v) is 5.89. The molecule has 0 amide bonds. The number of halogens is 4. The number of ether oxygens (including phenoxy) is 1. The molecule has 4 aromatic carbocycles. The minimum absolute atomic E-state index is 0.0102. The molecule has 0 aliphatic carbocycles. The Morgan fingerprint density at radius 2 is 1.37 bits per heavy atom. The van der Waals surface area contributed by atoms with E-state index in [0.29, 0.717) is 30.6 Å². The van der Waals surface area contributed by atoms with Crippen LogP contribution in [0.2, 0.25) is 0 Å². The van der Waals surface area contributed by atoms with Crippen molar-refractivity contribution in [1.29, 1.82) is 0 Å². The van der Waals surface area contributed by atoms with E-state index in [1.54, 1.807) is 19.2 Å². The zero-order chi connectivity index (χ0) is 24.8. The van der Waals surface area contributed by atoms with Crippen LogP contribution in [-0.2, 0) is 24.0 Å². The molecular weight excluding hydrogens is 452 g/mol. The van der Waals surface area contributed by atoms with Crippen LogP contribution in [0.15, 0.2) is 66.7 Å². The maximum Gasteiger partial charge on any atom is 0.195 e. The fourth-order valence-electron chi connectivity index (χ4n) is 3.93. The minimum Gasteiger partial charge on any atom is -0.385 e. The SMILES string of the molecule is COCCCc1ccc(CCc2ccc(C#Cc3ccc4c(F)c(F)c(F)cc4c3)cc2)c(F)c1. The lowest BCUT2D eigenvalue weighted by Crippen LogP contribution is -1.98. The second-order valence-corrected chi connectivity index (χ2v) is 8.39. The van der Waals surface area contributed by atoms with Gasteiger partial charge in [-0.2, -0.15) is 0 Å². The van der Waals surface area contributed by atoms with Crippen molar-refractivity contribution in [1.82, 2.24) is 0 Å². The predicted molar refractivity (Wildman–Crippen MR) is 130 cm³/mol. The second-order valence-electron chi connectivity index (χ2n) is 8.39. The van der Waals surface area contributed by atoms with Gasteiger partial charge in [0, 0.05) is 30.2 Å². The van der Waals surface area contributed by atoms with Gasteiger partial charge in [-0.05, 0) is 84.2 Å². The van der Waals surface area contributed by atoms with E-state index in [9.17, 15) is 17.6 Å². The van der Waals surface area contributed by atoms with Crippen LogP contribution in [0.4, 0.5) is 17.6 Å². The fraction of sp³-hybridized carbons (Fsp3) is 0.200. The summed E-state index contributed by atoms with van der Waals surface area (Å²) in [5.74, 6) is 1.90. The number of methoxy groups -OCH3 is 1. The monoisotopic (exact) mass is 476 g/mol. The maximum absolute atomic E-state index is 14.4. The van der Waals surface area contributed by atoms with Gasteiger partial charge in [-0.3, -0.25) is 0 Å². The normalized spacial score (nSPS) is 10.9. The van der Waals surface area contributed by atoms with Gasteiger partial charge >= 0.3 is 0 Å². The van der Waals surface area contributed by atoms with E-state index in [1.807, 2.05) is 36.4 Å². The number of rotatable bonds is 7. The lowest BCUT2D eigenvalue weighted by Gasteiger charge is -2.07. The van der Waals surface area contributed by atoms with Crippen LogP contribution in [0.1, 0.15) is 34.2 Å². The van der Waals surface area contributed by atoms with Crippen molar-refractivity contribution < 1.29 is 22.3 Å². The molecule has 178 valence electrons. The molecule has 4 aromatic rings. The zero-order valence-electron chi connectivity index (χ0n) is 19.3. The standard InChI is InChI=1S/C30H24F4O/c1-35-16-2-3-22-11-14-24(27(31)18-22)13-10-21-6-4-20(5-7-21)8-9-23-12-15-26-25(17-23)19-28(32)30(34)29(26)33/h4-7,11-12,14-15,17-19H,2-3,10,13,16H2,1H3. The third kappa shape index (κ3) is 6.09. The largest absolute Gasteiger partial charge is 0.385 e. The molecule has 0 bridgehead atoms. The van der Waals surface area contributed by atoms with Crippen molar-refractivity contribution in [2.75, 3.05) is 13.7 Å². The Morgan fingerprint density at radius 1 is 0.657 bits per heavy atom. The summed E-state index contributed by atoms with van der Waals surface area (Å²) >= 11 is 0. The molecule has 0 fully saturated rings. The van der Waals surface area contributed by atoms with Crippen molar-refractivity contribution >= 4 is 10.8 Å². The summed E-state index contributed by atoms with van der Waals surface area (Å²) in [5, 5.41) is 0.259. The average Bonchev–Trinajstić information content (AvgIpc) is 2.86. The quantitative estimate of drug-likeness (QED) is 0.119. The van der Waals surface area contributed by atoms with Gasteiger partial charge in [0.2, 0.25) is 0 Å². The Labute approximate surface area is 202 Å². The Morgan fingerprint density at radius 3 is 2.11 bits per heavy atom. The van der Waals surface area contributed by atoms with E-state index < -0.39 is 17.5 Å². The summed E-state index contributed by atoms with van der Waals surface area (Å²) < 4.78 is 60.3. The van der Waals surface area contributed by atoms with Crippen molar-refractivity contribution in [3.63, 3.8) is 0 Å². The molecule has 0 radical (unpaired) electrons. The summed E-state index contributed by atoms with van der Waals surface area (Å²) in [4.78, 5) is 0. The highest BCUT2D eigenvalue weighted by Crippen LogP contribution is 2.24.